The first-order chi connectivity index (χ1) is 4.20. The molecule has 0 saturated heterocycles. The number of aromatic nitrogens is 2. The summed E-state index contributed by atoms with van der Waals surface area (Å²) in [6, 6.07) is 0. The highest BCUT2D eigenvalue weighted by molar-refractivity contribution is 14.1. The summed E-state index contributed by atoms with van der Waals surface area (Å²) in [7, 11) is 0. The average molecular weight is 254 g/mol. The molecule has 1 heterocycles. The van der Waals surface area contributed by atoms with Crippen LogP contribution in [0.15, 0.2) is 0 Å². The van der Waals surface area contributed by atoms with Gasteiger partial charge in [-0.3, -0.25) is 0 Å². The summed E-state index contributed by atoms with van der Waals surface area (Å²) >= 11 is 7.52. The molecule has 0 fully saturated rings. The van der Waals surface area contributed by atoms with Gasteiger partial charge in [-0.1, -0.05) is 11.6 Å². The average Bonchev–Trinajstić information content (AvgIpc) is 1.80. The Kier molecular flexibility index (Phi) is 2.07. The molecule has 0 unspecified atom stereocenters. The molecule has 0 bridgehead atoms. The lowest BCUT2D eigenvalue weighted by Gasteiger charge is -1.91. The van der Waals surface area contributed by atoms with E-state index in [4.69, 9.17) is 17.3 Å². The van der Waals surface area contributed by atoms with Crippen LogP contribution in [-0.4, -0.2) is 9.97 Å². The molecule has 0 atom stereocenters. The number of hydrogen-bond donors (Lipinski definition) is 1. The summed E-state index contributed by atoms with van der Waals surface area (Å²) in [5, 5.41) is 0.350. The molecule has 0 spiro atoms. The van der Waals surface area contributed by atoms with Crippen LogP contribution >= 0.6 is 34.2 Å². The maximum atomic E-state index is 5.54. The highest BCUT2D eigenvalue weighted by atomic mass is 127. The number of anilines is 1. The molecule has 0 saturated carbocycles. The Bertz CT molecular complexity index is 227. The third-order valence-electron chi connectivity index (χ3n) is 0.662. The molecule has 5 heteroatoms. The first-order valence-electron chi connectivity index (χ1n) is 2.06. The second kappa shape index (κ2) is 2.66. The molecule has 9 heavy (non-hydrogen) atoms. The first-order valence-corrected chi connectivity index (χ1v) is 3.52. The Morgan fingerprint density at radius 1 is 1.67 bits per heavy atom. The smallest absolute Gasteiger partial charge is 0.222 e. The summed E-state index contributed by atoms with van der Waals surface area (Å²) in [5.41, 5.74) is 5.19. The molecule has 1 aromatic heterocycles. The van der Waals surface area contributed by atoms with E-state index in [1.165, 1.54) is 0 Å². The quantitative estimate of drug-likeness (QED) is 0.557. The number of hydrogen-bond acceptors (Lipinski definition) is 3. The molecule has 0 aliphatic rings. The van der Waals surface area contributed by atoms with E-state index in [1.807, 2.05) is 22.6 Å². The van der Waals surface area contributed by atoms with Crippen molar-refractivity contribution < 1.29 is 0 Å². The van der Waals surface area contributed by atoms with Gasteiger partial charge >= 0.3 is 0 Å². The Labute approximate surface area is 70.8 Å². The minimum absolute atomic E-state index is 0.153. The van der Waals surface area contributed by atoms with Gasteiger partial charge in [-0.15, -0.1) is 0 Å². The van der Waals surface area contributed by atoms with Crippen LogP contribution in [0.1, 0.15) is 0 Å². The van der Waals surface area contributed by atoms with E-state index in [-0.39, 0.29) is 5.95 Å². The topological polar surface area (TPSA) is 51.8 Å². The molecule has 2 N–H and O–H groups in total. The number of nitrogen functional groups attached to an aromatic ring is 1. The number of nitrogens with two attached hydrogens (primary N) is 1. The van der Waals surface area contributed by atoms with Crippen LogP contribution < -0.4 is 5.73 Å². The lowest BCUT2D eigenvalue weighted by atomic mass is 10.7. The first kappa shape index (κ1) is 7.01. The summed E-state index contributed by atoms with van der Waals surface area (Å²) in [6.45, 7) is 0. The Balaban J connectivity index is 3.17. The van der Waals surface area contributed by atoms with Gasteiger partial charge in [0, 0.05) is 0 Å². The predicted molar refractivity (Wildman–Crippen MR) is 43.0 cm³/mol. The molecular weight excluding hydrogens is 252 g/mol. The van der Waals surface area contributed by atoms with Crippen molar-refractivity contribution in [1.29, 1.82) is 0 Å². The van der Waals surface area contributed by atoms with Crippen LogP contribution in [0.3, 0.4) is 0 Å². The van der Waals surface area contributed by atoms with Crippen molar-refractivity contribution in [3.05, 3.63) is 14.9 Å². The van der Waals surface area contributed by atoms with Crippen molar-refractivity contribution in [3.63, 3.8) is 0 Å². The molecule has 0 aliphatic heterocycles. The standard InChI is InChI=1S/C4H2ClIN3/c5-3-2(6)1-8-4(7)9-3/h(H2,7,8,9). The number of halogens is 2. The number of rotatable bonds is 0. The molecule has 0 aliphatic carbocycles. The van der Waals surface area contributed by atoms with Gasteiger partial charge in [0.1, 0.15) is 11.3 Å². The van der Waals surface area contributed by atoms with Gasteiger partial charge in [0.15, 0.2) is 0 Å². The van der Waals surface area contributed by atoms with E-state index in [1.54, 1.807) is 0 Å². The minimum Gasteiger partial charge on any atom is -0.368 e. The minimum atomic E-state index is 0.153. The maximum absolute atomic E-state index is 5.54. The number of nitrogens with zero attached hydrogens (tertiary/aromatic N) is 2. The molecular formula is C4H2ClIN3. The summed E-state index contributed by atoms with van der Waals surface area (Å²) in [5.74, 6) is 0.153. The largest absolute Gasteiger partial charge is 0.368 e. The van der Waals surface area contributed by atoms with Gasteiger partial charge in [0.25, 0.3) is 0 Å². The summed E-state index contributed by atoms with van der Waals surface area (Å²) < 4.78 is 0.684. The van der Waals surface area contributed by atoms with E-state index < -0.39 is 0 Å². The lowest BCUT2D eigenvalue weighted by Crippen LogP contribution is -1.95. The van der Waals surface area contributed by atoms with Crippen molar-refractivity contribution in [2.24, 2.45) is 0 Å². The van der Waals surface area contributed by atoms with Crippen molar-refractivity contribution in [3.8, 4) is 0 Å². The molecule has 1 rings (SSSR count). The zero-order valence-electron chi connectivity index (χ0n) is 4.23. The fourth-order valence-corrected chi connectivity index (χ4v) is 0.697. The van der Waals surface area contributed by atoms with E-state index in [2.05, 4.69) is 16.2 Å². The van der Waals surface area contributed by atoms with E-state index in [0.29, 0.717) is 8.72 Å². The molecule has 0 amide bonds. The van der Waals surface area contributed by atoms with Gasteiger partial charge in [-0.2, -0.15) is 0 Å². The fraction of sp³-hybridized carbons (Fsp3) is 0. The van der Waals surface area contributed by atoms with Crippen LogP contribution in [0.25, 0.3) is 0 Å². The normalized spacial score (nSPS) is 9.56. The van der Waals surface area contributed by atoms with Gasteiger partial charge in [0.05, 0.1) is 3.57 Å². The van der Waals surface area contributed by atoms with E-state index in [0.717, 1.165) is 0 Å². The third kappa shape index (κ3) is 1.65. The maximum Gasteiger partial charge on any atom is 0.222 e. The second-order valence-electron chi connectivity index (χ2n) is 1.30. The predicted octanol–water partition coefficient (Wildman–Crippen LogP) is 1.12. The zero-order chi connectivity index (χ0) is 6.85. The second-order valence-corrected chi connectivity index (χ2v) is 2.74. The van der Waals surface area contributed by atoms with E-state index in [9.17, 15) is 0 Å². The Morgan fingerprint density at radius 3 is 2.78 bits per heavy atom. The SMILES string of the molecule is Nc1n[c]c(I)c(Cl)n1. The Hall–Kier alpha value is -0.100. The van der Waals surface area contributed by atoms with Gasteiger partial charge in [-0.25, -0.2) is 9.97 Å². The summed E-state index contributed by atoms with van der Waals surface area (Å²) in [4.78, 5) is 7.26. The van der Waals surface area contributed by atoms with Crippen LogP contribution in [0, 0.1) is 9.77 Å². The van der Waals surface area contributed by atoms with Gasteiger partial charge in [0.2, 0.25) is 5.95 Å². The van der Waals surface area contributed by atoms with Gasteiger partial charge in [-0.05, 0) is 22.6 Å². The summed E-state index contributed by atoms with van der Waals surface area (Å²) in [6.07, 6.45) is 2.59. The van der Waals surface area contributed by atoms with Crippen LogP contribution in [0.5, 0.6) is 0 Å². The van der Waals surface area contributed by atoms with Crippen LogP contribution in [0.4, 0.5) is 5.95 Å². The molecule has 0 aromatic carbocycles. The van der Waals surface area contributed by atoms with Crippen molar-refractivity contribution in [2.45, 2.75) is 0 Å². The third-order valence-corrected chi connectivity index (χ3v) is 2.01. The van der Waals surface area contributed by atoms with Gasteiger partial charge < -0.3 is 5.73 Å². The van der Waals surface area contributed by atoms with Crippen LogP contribution in [-0.2, 0) is 0 Å². The van der Waals surface area contributed by atoms with Crippen molar-refractivity contribution in [1.82, 2.24) is 9.97 Å². The lowest BCUT2D eigenvalue weighted by molar-refractivity contribution is 1.16. The van der Waals surface area contributed by atoms with Crippen molar-refractivity contribution >= 4 is 40.1 Å². The molecule has 1 aromatic rings. The Morgan fingerprint density at radius 2 is 2.33 bits per heavy atom. The monoisotopic (exact) mass is 254 g/mol. The molecule has 3 nitrogen and oxygen atoms in total. The molecule has 47 valence electrons. The van der Waals surface area contributed by atoms with E-state index >= 15 is 0 Å². The van der Waals surface area contributed by atoms with Crippen LogP contribution in [0.2, 0.25) is 5.15 Å². The van der Waals surface area contributed by atoms with Crippen molar-refractivity contribution in [2.75, 3.05) is 5.73 Å². The highest BCUT2D eigenvalue weighted by Gasteiger charge is 1.97. The molecule has 1 radical (unpaired) electrons. The highest BCUT2D eigenvalue weighted by Crippen LogP contribution is 2.13. The fourth-order valence-electron chi connectivity index (χ4n) is 0.327. The zero-order valence-corrected chi connectivity index (χ0v) is 7.14.